The van der Waals surface area contributed by atoms with Crippen LogP contribution < -0.4 is 0 Å². The molecule has 0 bridgehead atoms. The lowest BCUT2D eigenvalue weighted by Gasteiger charge is -2.38. The fourth-order valence-corrected chi connectivity index (χ4v) is 6.68. The van der Waals surface area contributed by atoms with E-state index in [0.29, 0.717) is 18.0 Å². The van der Waals surface area contributed by atoms with Crippen molar-refractivity contribution in [2.45, 2.75) is 135 Å². The molecule has 2 saturated heterocycles. The van der Waals surface area contributed by atoms with E-state index >= 15 is 0 Å². The predicted molar refractivity (Wildman–Crippen MR) is 248 cm³/mol. The number of halogens is 2. The second-order valence-corrected chi connectivity index (χ2v) is 29.8. The number of nitrogens with zero attached hydrogens (tertiary/aromatic N) is 3. The van der Waals surface area contributed by atoms with Gasteiger partial charge >= 0.3 is 24.1 Å². The van der Waals surface area contributed by atoms with Gasteiger partial charge in [-0.3, -0.25) is 19.2 Å². The zero-order valence-electron chi connectivity index (χ0n) is 39.7. The zero-order chi connectivity index (χ0) is 48.0. The number of allylic oxidation sites excluding steroid dienone is 1. The van der Waals surface area contributed by atoms with E-state index in [1.54, 1.807) is 6.20 Å². The van der Waals surface area contributed by atoms with Gasteiger partial charge in [0.25, 0.3) is 0 Å². The third-order valence-corrected chi connectivity index (χ3v) is 20.8. The molecule has 0 saturated carbocycles. The predicted octanol–water partition coefficient (Wildman–Crippen LogP) is 9.68. The molecule has 2 aromatic rings. The van der Waals surface area contributed by atoms with Crippen LogP contribution >= 0.6 is 11.1 Å². The minimum atomic E-state index is -2.01. The molecule has 3 aliphatic rings. The molecule has 4 atom stereocenters. The number of β-amino-alcohol motifs (C(OH)–C–C–N with tert-alkyl or cyclic N) is 1. The first kappa shape index (κ1) is 54.0. The number of carbonyl (C=O) groups is 4. The average molecular weight is 926 g/mol. The Labute approximate surface area is 377 Å². The number of aliphatic imine (C=N–C) groups is 1. The second-order valence-electron chi connectivity index (χ2n) is 17.8. The first-order valence-corrected chi connectivity index (χ1v) is 27.4. The van der Waals surface area contributed by atoms with Crippen LogP contribution in [0.1, 0.15) is 73.3 Å². The van der Waals surface area contributed by atoms with E-state index in [-0.39, 0.29) is 37.3 Å². The Kier molecular flexibility index (Phi) is 23.1. The normalized spacial score (nSPS) is 19.4. The van der Waals surface area contributed by atoms with Crippen LogP contribution in [-0.2, 0) is 46.2 Å². The quantitative estimate of drug-likeness (QED) is 0.117. The highest BCUT2D eigenvalue weighted by Crippen LogP contribution is 2.39. The molecule has 5 rings (SSSR count). The molecule has 2 aromatic carbocycles. The van der Waals surface area contributed by atoms with E-state index in [0.717, 1.165) is 17.5 Å². The molecule has 3 aliphatic heterocycles. The maximum Gasteiger partial charge on any atom is 0.410 e. The summed E-state index contributed by atoms with van der Waals surface area (Å²) in [5.41, 5.74) is 1.75. The van der Waals surface area contributed by atoms with Crippen LogP contribution in [0.15, 0.2) is 77.9 Å². The summed E-state index contributed by atoms with van der Waals surface area (Å²) in [5, 5.41) is 9.98. The lowest BCUT2D eigenvalue weighted by molar-refractivity contribution is -0.146. The minimum absolute atomic E-state index is 0.0506. The van der Waals surface area contributed by atoms with Crippen LogP contribution in [-0.4, -0.2) is 120 Å². The molecule has 0 radical (unpaired) electrons. The van der Waals surface area contributed by atoms with Gasteiger partial charge in [-0.25, -0.2) is 19.2 Å². The molecule has 62 heavy (non-hydrogen) atoms. The number of carbonyl (C=O) groups excluding carboxylic acids is 4. The standard InChI is InChI=1S/C20H31NO5Si.C14H17NO5.C6H15ClSi.C4H5N.CH3F/c1-20(2,3)27(5,6)26-16-12-17(18(22)24-4)21(13-16)19(23)25-14-15-10-8-7-9-11-15;1-19-13(17)12-7-11(16)8-15(12)14(18)20-9-10-5-3-2-4-6-10;1-6(2,3)8(4,5)7;1-2-4-5-3-1;1-2/h7-11,16-17H,12-14H2,1-6H3;2-6,11-12,16H,7-9H2,1H3;1-5H3;1,3-4H,2H2;1H3/t16-,17-;11-,12-;;;/m11.../s1/i;;;;1D. The zero-order valence-corrected chi connectivity index (χ0v) is 41.4. The Balaban J connectivity index is 0.000000477. The fourth-order valence-electron chi connectivity index (χ4n) is 5.32. The summed E-state index contributed by atoms with van der Waals surface area (Å²) in [6.07, 6.45) is 5.26. The van der Waals surface area contributed by atoms with E-state index in [9.17, 15) is 28.7 Å². The molecule has 2 amide bonds. The molecule has 17 heteroatoms. The number of hydrogen-bond donors (Lipinski definition) is 1. The SMILES string of the molecule is C1=CN=CC1.CC(C)(C)[Si](C)(C)Cl.COC(=O)[C@H]1C[C@@H](O)CN1C(=O)OCc1ccccc1.COC(=O)[C@H]1C[C@@H](O[Si](C)(C)C(C)(C)C)CN1C(=O)OCc1ccccc1.[2H]CF. The van der Waals surface area contributed by atoms with Crippen molar-refractivity contribution < 1.29 is 53.4 Å². The third-order valence-electron chi connectivity index (χ3n) is 11.0. The van der Waals surface area contributed by atoms with E-state index in [1.807, 2.05) is 73.0 Å². The fraction of sp³-hybridized carbons (Fsp3) is 0.578. The number of aliphatic hydroxyl groups excluding tert-OH is 1. The number of ether oxygens (including phenoxy) is 4. The summed E-state index contributed by atoms with van der Waals surface area (Å²) in [5.74, 6) is -0.980. The van der Waals surface area contributed by atoms with Gasteiger partial charge in [0.15, 0.2) is 15.7 Å². The third kappa shape index (κ3) is 19.1. The number of alkyl halides is 1. The van der Waals surface area contributed by atoms with Crippen LogP contribution in [0.4, 0.5) is 14.0 Å². The number of benzene rings is 2. The Morgan fingerprint density at radius 1 is 0.790 bits per heavy atom. The molecule has 0 spiro atoms. The molecular formula is C45H71ClFN3O10Si2. The monoisotopic (exact) mass is 924 g/mol. The van der Waals surface area contributed by atoms with E-state index in [2.05, 4.69) is 77.5 Å². The highest BCUT2D eigenvalue weighted by atomic mass is 35.6. The van der Waals surface area contributed by atoms with Gasteiger partial charge in [0.1, 0.15) is 25.3 Å². The summed E-state index contributed by atoms with van der Waals surface area (Å²) in [4.78, 5) is 54.8. The van der Waals surface area contributed by atoms with E-state index in [1.165, 1.54) is 24.0 Å². The Morgan fingerprint density at radius 2 is 1.21 bits per heavy atom. The van der Waals surface area contributed by atoms with Crippen LogP contribution in [0.5, 0.6) is 0 Å². The maximum atomic E-state index is 12.6. The maximum absolute atomic E-state index is 12.6. The van der Waals surface area contributed by atoms with Crippen molar-refractivity contribution in [1.29, 1.82) is 0 Å². The minimum Gasteiger partial charge on any atom is -0.467 e. The number of likely N-dealkylation sites (tertiary alicyclic amines) is 2. The summed E-state index contributed by atoms with van der Waals surface area (Å²) in [7, 11) is -1.82. The second kappa shape index (κ2) is 26.5. The van der Waals surface area contributed by atoms with Gasteiger partial charge < -0.3 is 28.5 Å². The number of esters is 2. The molecule has 0 unspecified atom stereocenters. The first-order valence-electron chi connectivity index (χ1n) is 21.2. The average Bonchev–Trinajstić information content (AvgIpc) is 4.02. The number of hydrogen-bond acceptors (Lipinski definition) is 11. The summed E-state index contributed by atoms with van der Waals surface area (Å²) in [6, 6.07) is 17.2. The Bertz CT molecular complexity index is 1720. The molecule has 3 heterocycles. The van der Waals surface area contributed by atoms with Crippen molar-refractivity contribution in [3.63, 3.8) is 0 Å². The van der Waals surface area contributed by atoms with Crippen molar-refractivity contribution in [3.8, 4) is 0 Å². The van der Waals surface area contributed by atoms with Crippen LogP contribution in [0, 0.1) is 0 Å². The molecular weight excluding hydrogens is 853 g/mol. The lowest BCUT2D eigenvalue weighted by atomic mass is 10.2. The molecule has 1 N–H and O–H groups in total. The van der Waals surface area contributed by atoms with Gasteiger partial charge in [-0.2, -0.15) is 11.1 Å². The lowest BCUT2D eigenvalue weighted by Crippen LogP contribution is -2.45. The van der Waals surface area contributed by atoms with Gasteiger partial charge in [-0.15, -0.1) is 0 Å². The Morgan fingerprint density at radius 3 is 1.55 bits per heavy atom. The number of rotatable bonds is 8. The topological polar surface area (TPSA) is 154 Å². The van der Waals surface area contributed by atoms with Crippen molar-refractivity contribution in [2.75, 3.05) is 34.5 Å². The summed E-state index contributed by atoms with van der Waals surface area (Å²) < 4.78 is 42.0. The van der Waals surface area contributed by atoms with Crippen molar-refractivity contribution in [1.82, 2.24) is 9.80 Å². The number of aliphatic hydroxyl groups is 1. The van der Waals surface area contributed by atoms with E-state index < -0.39 is 65.2 Å². The molecule has 0 aromatic heterocycles. The molecule has 2 fully saturated rings. The molecule has 348 valence electrons. The van der Waals surface area contributed by atoms with E-state index in [4.69, 9.17) is 31.1 Å². The first-order chi connectivity index (χ1) is 29.3. The highest BCUT2D eigenvalue weighted by molar-refractivity contribution is 7.20. The van der Waals surface area contributed by atoms with Gasteiger partial charge in [0, 0.05) is 38.2 Å². The van der Waals surface area contributed by atoms with Gasteiger partial charge in [0.2, 0.25) is 0 Å². The van der Waals surface area contributed by atoms with Gasteiger partial charge in [0.05, 0.1) is 41.5 Å². The van der Waals surface area contributed by atoms with Crippen molar-refractivity contribution in [3.05, 3.63) is 84.1 Å². The smallest absolute Gasteiger partial charge is 0.410 e. The molecule has 0 aliphatic carbocycles. The summed E-state index contributed by atoms with van der Waals surface area (Å²) >= 11 is 6.15. The van der Waals surface area contributed by atoms with Crippen LogP contribution in [0.3, 0.4) is 0 Å². The van der Waals surface area contributed by atoms with Crippen molar-refractivity contribution in [2.24, 2.45) is 4.99 Å². The number of methoxy groups -OCH3 is 2. The van der Waals surface area contributed by atoms with Crippen molar-refractivity contribution >= 4 is 57.1 Å². The Hall–Kier alpha value is -4.10. The summed E-state index contributed by atoms with van der Waals surface area (Å²) in [6.45, 7) is 22.5. The van der Waals surface area contributed by atoms with Crippen LogP contribution in [0.25, 0.3) is 0 Å². The van der Waals surface area contributed by atoms with Gasteiger partial charge in [-0.05, 0) is 34.3 Å². The highest BCUT2D eigenvalue weighted by Gasteiger charge is 2.46. The molecule has 13 nitrogen and oxygen atoms in total. The largest absolute Gasteiger partial charge is 0.467 e. The number of amides is 2. The van der Waals surface area contributed by atoms with Gasteiger partial charge in [-0.1, -0.05) is 121 Å². The van der Waals surface area contributed by atoms with Crippen LogP contribution in [0.2, 0.25) is 36.3 Å².